The Morgan fingerprint density at radius 1 is 1.10 bits per heavy atom. The second kappa shape index (κ2) is 6.76. The molecule has 0 bridgehead atoms. The van der Waals surface area contributed by atoms with Gasteiger partial charge in [-0.25, -0.2) is 25.3 Å². The quantitative estimate of drug-likeness (QED) is 0.542. The molecule has 4 aromatic rings. The van der Waals surface area contributed by atoms with E-state index in [4.69, 9.17) is 14.8 Å². The highest BCUT2D eigenvalue weighted by Crippen LogP contribution is 2.37. The maximum atomic E-state index is 5.26. The van der Waals surface area contributed by atoms with Gasteiger partial charge in [0.05, 0.1) is 18.5 Å². The number of hydrogen-bond acceptors (Lipinski definition) is 7. The van der Waals surface area contributed by atoms with E-state index in [2.05, 4.69) is 28.0 Å². The van der Waals surface area contributed by atoms with Crippen molar-refractivity contribution in [3.63, 3.8) is 0 Å². The van der Waals surface area contributed by atoms with Crippen molar-refractivity contribution in [2.75, 3.05) is 7.11 Å². The molecule has 0 saturated carbocycles. The smallest absolute Gasteiger partial charge is 0.170 e. The van der Waals surface area contributed by atoms with Crippen LogP contribution in [-0.2, 0) is 12.8 Å². The molecular formula is C21H22N6OS. The van der Waals surface area contributed by atoms with Gasteiger partial charge in [0.15, 0.2) is 11.5 Å². The van der Waals surface area contributed by atoms with E-state index < -0.39 is 0 Å². The zero-order valence-electron chi connectivity index (χ0n) is 16.2. The Morgan fingerprint density at radius 2 is 1.93 bits per heavy atom. The van der Waals surface area contributed by atoms with Crippen LogP contribution in [-0.4, -0.2) is 26.7 Å². The molecule has 1 aromatic carbocycles. The van der Waals surface area contributed by atoms with E-state index >= 15 is 0 Å². The van der Waals surface area contributed by atoms with Crippen LogP contribution in [0.4, 0.5) is 0 Å². The summed E-state index contributed by atoms with van der Waals surface area (Å²) >= 11 is 1.83. The molecule has 0 amide bonds. The van der Waals surface area contributed by atoms with Gasteiger partial charge in [-0.2, -0.15) is 0 Å². The first-order chi connectivity index (χ1) is 14.3. The van der Waals surface area contributed by atoms with Crippen molar-refractivity contribution in [3.05, 3.63) is 52.4 Å². The number of aromatic nitrogens is 4. The summed E-state index contributed by atoms with van der Waals surface area (Å²) in [4.78, 5) is 12.2. The first-order valence-corrected chi connectivity index (χ1v) is 10.9. The van der Waals surface area contributed by atoms with Crippen molar-refractivity contribution in [2.24, 2.45) is 0 Å². The van der Waals surface area contributed by atoms with Crippen molar-refractivity contribution in [3.8, 4) is 5.75 Å². The Hall–Kier alpha value is -2.55. The van der Waals surface area contributed by atoms with E-state index in [1.165, 1.54) is 40.7 Å². The van der Waals surface area contributed by atoms with Crippen LogP contribution < -0.4 is 15.6 Å². The van der Waals surface area contributed by atoms with Crippen molar-refractivity contribution in [1.29, 1.82) is 0 Å². The number of rotatable bonds is 3. The van der Waals surface area contributed by atoms with Gasteiger partial charge in [0.1, 0.15) is 16.9 Å². The van der Waals surface area contributed by atoms with Crippen LogP contribution in [0.15, 0.2) is 30.6 Å². The van der Waals surface area contributed by atoms with Gasteiger partial charge in [-0.15, -0.1) is 16.4 Å². The fraction of sp³-hybridized carbons (Fsp3) is 0.381. The van der Waals surface area contributed by atoms with Crippen LogP contribution in [0.2, 0.25) is 0 Å². The molecule has 1 fully saturated rings. The molecule has 1 aliphatic carbocycles. The Morgan fingerprint density at radius 3 is 2.79 bits per heavy atom. The van der Waals surface area contributed by atoms with E-state index in [1.54, 1.807) is 13.4 Å². The maximum Gasteiger partial charge on any atom is 0.170 e. The molecule has 8 heteroatoms. The summed E-state index contributed by atoms with van der Waals surface area (Å²) in [6.45, 7) is 0. The number of methoxy groups -OCH3 is 1. The van der Waals surface area contributed by atoms with Crippen molar-refractivity contribution in [1.82, 2.24) is 30.4 Å². The highest BCUT2D eigenvalue weighted by Gasteiger charge is 2.30. The maximum absolute atomic E-state index is 5.26. The lowest BCUT2D eigenvalue weighted by atomic mass is 9.97. The largest absolute Gasteiger partial charge is 0.497 e. The highest BCUT2D eigenvalue weighted by atomic mass is 32.1. The molecule has 2 atom stereocenters. The van der Waals surface area contributed by atoms with E-state index in [0.29, 0.717) is 0 Å². The minimum atomic E-state index is 0.0616. The summed E-state index contributed by atoms with van der Waals surface area (Å²) in [5, 5.41) is 5.97. The number of nitrogens with one attached hydrogen (secondary N) is 2. The zero-order chi connectivity index (χ0) is 19.4. The van der Waals surface area contributed by atoms with Gasteiger partial charge >= 0.3 is 0 Å². The Bertz CT molecular complexity index is 1200. The molecule has 29 heavy (non-hydrogen) atoms. The van der Waals surface area contributed by atoms with E-state index in [9.17, 15) is 0 Å². The fourth-order valence-electron chi connectivity index (χ4n) is 4.50. The molecule has 1 aliphatic heterocycles. The monoisotopic (exact) mass is 406 g/mol. The van der Waals surface area contributed by atoms with Crippen LogP contribution in [0.5, 0.6) is 5.75 Å². The molecule has 6 rings (SSSR count). The minimum absolute atomic E-state index is 0.0616. The van der Waals surface area contributed by atoms with Gasteiger partial charge in [-0.05, 0) is 55.4 Å². The molecule has 1 saturated heterocycles. The summed E-state index contributed by atoms with van der Waals surface area (Å²) in [5.41, 5.74) is 10.4. The number of aryl methyl sites for hydroxylation is 2. The number of fused-ring (bicyclic) bond motifs is 5. The topological polar surface area (TPSA) is 76.4 Å². The lowest BCUT2D eigenvalue weighted by Crippen LogP contribution is -2.27. The van der Waals surface area contributed by atoms with Crippen LogP contribution in [0, 0.1) is 0 Å². The zero-order valence-corrected chi connectivity index (χ0v) is 17.0. The fourth-order valence-corrected chi connectivity index (χ4v) is 5.72. The number of hydrogen-bond donors (Lipinski definition) is 2. The first kappa shape index (κ1) is 17.3. The van der Waals surface area contributed by atoms with Gasteiger partial charge in [-0.1, -0.05) is 12.1 Å². The van der Waals surface area contributed by atoms with Crippen molar-refractivity contribution >= 4 is 27.2 Å². The second-order valence-electron chi connectivity index (χ2n) is 7.78. The summed E-state index contributed by atoms with van der Waals surface area (Å²) in [7, 11) is 1.69. The molecule has 3 aromatic heterocycles. The first-order valence-electron chi connectivity index (χ1n) is 10.1. The van der Waals surface area contributed by atoms with Crippen LogP contribution in [0.3, 0.4) is 0 Å². The molecule has 2 aliphatic rings. The number of thiophene rings is 1. The lowest BCUT2D eigenvalue weighted by molar-refractivity contribution is 0.414. The second-order valence-corrected chi connectivity index (χ2v) is 8.86. The van der Waals surface area contributed by atoms with Gasteiger partial charge < -0.3 is 4.74 Å². The van der Waals surface area contributed by atoms with Gasteiger partial charge in [0.2, 0.25) is 0 Å². The highest BCUT2D eigenvalue weighted by molar-refractivity contribution is 7.19. The standard InChI is InChI=1S/C21H22N6OS/c1-28-13-8-6-12(7-9-13)15-10-16(25-24-15)19-23-20-18-14-4-2-3-5-17(14)29-21(18)22-11-27(20)26-19/h6-9,11,15-16,24-25H,2-5,10H2,1H3. The molecule has 2 unspecified atom stereocenters. The average Bonchev–Trinajstić information content (AvgIpc) is 3.48. The predicted molar refractivity (Wildman–Crippen MR) is 112 cm³/mol. The third kappa shape index (κ3) is 2.82. The number of ether oxygens (including phenoxy) is 1. The van der Waals surface area contributed by atoms with Gasteiger partial charge in [0, 0.05) is 10.9 Å². The van der Waals surface area contributed by atoms with Gasteiger partial charge in [0.25, 0.3) is 0 Å². The number of nitrogens with zero attached hydrogens (tertiary/aromatic N) is 4. The van der Waals surface area contributed by atoms with Crippen LogP contribution in [0.1, 0.15) is 53.2 Å². The van der Waals surface area contributed by atoms with E-state index in [1.807, 2.05) is 28.0 Å². The molecule has 0 radical (unpaired) electrons. The summed E-state index contributed by atoms with van der Waals surface area (Å²) in [5.74, 6) is 1.69. The average molecular weight is 407 g/mol. The number of benzene rings is 1. The van der Waals surface area contributed by atoms with E-state index in [0.717, 1.165) is 34.9 Å². The molecule has 148 valence electrons. The Kier molecular flexibility index (Phi) is 4.04. The molecule has 2 N–H and O–H groups in total. The van der Waals surface area contributed by atoms with Crippen LogP contribution in [0.25, 0.3) is 15.9 Å². The van der Waals surface area contributed by atoms with E-state index in [-0.39, 0.29) is 12.1 Å². The molecule has 4 heterocycles. The summed E-state index contributed by atoms with van der Waals surface area (Å²) in [6.07, 6.45) is 7.51. The minimum Gasteiger partial charge on any atom is -0.497 e. The molecular weight excluding hydrogens is 384 g/mol. The third-order valence-electron chi connectivity index (χ3n) is 6.04. The SMILES string of the molecule is COc1ccc(C2CC(c3nc4c5c6c(sc5ncn4n3)CCCC6)NN2)cc1. The Labute approximate surface area is 172 Å². The van der Waals surface area contributed by atoms with Crippen molar-refractivity contribution < 1.29 is 4.74 Å². The summed E-state index contributed by atoms with van der Waals surface area (Å²) in [6, 6.07) is 8.47. The molecule has 0 spiro atoms. The third-order valence-corrected chi connectivity index (χ3v) is 7.24. The Balaban J connectivity index is 1.33. The molecule has 7 nitrogen and oxygen atoms in total. The normalized spacial score (nSPS) is 21.7. The predicted octanol–water partition coefficient (Wildman–Crippen LogP) is 3.51. The summed E-state index contributed by atoms with van der Waals surface area (Å²) < 4.78 is 7.11. The van der Waals surface area contributed by atoms with Crippen molar-refractivity contribution in [2.45, 2.75) is 44.2 Å². The van der Waals surface area contributed by atoms with Crippen LogP contribution >= 0.6 is 11.3 Å². The van der Waals surface area contributed by atoms with Gasteiger partial charge in [-0.3, -0.25) is 0 Å². The lowest BCUT2D eigenvalue weighted by Gasteiger charge is -2.10. The number of hydrazine groups is 1.